The van der Waals surface area contributed by atoms with Gasteiger partial charge in [-0.3, -0.25) is 4.79 Å². The fourth-order valence-corrected chi connectivity index (χ4v) is 4.89. The van der Waals surface area contributed by atoms with Crippen LogP contribution in [0.5, 0.6) is 0 Å². The monoisotopic (exact) mass is 409 g/mol. The van der Waals surface area contributed by atoms with E-state index in [0.29, 0.717) is 6.54 Å². The summed E-state index contributed by atoms with van der Waals surface area (Å²) in [7, 11) is 7.69. The van der Waals surface area contributed by atoms with Gasteiger partial charge in [-0.2, -0.15) is 0 Å². The number of amides is 1. The van der Waals surface area contributed by atoms with Crippen molar-refractivity contribution in [2.75, 3.05) is 39.6 Å². The second kappa shape index (κ2) is 8.08. The average molecular weight is 410 g/mol. The number of thiophene rings is 1. The van der Waals surface area contributed by atoms with Gasteiger partial charge in [0, 0.05) is 31.6 Å². The molecular weight excluding hydrogens is 382 g/mol. The minimum Gasteiger partial charge on any atom is -0.347 e. The van der Waals surface area contributed by atoms with E-state index in [1.807, 2.05) is 46.4 Å². The van der Waals surface area contributed by atoms with Crippen molar-refractivity contribution < 1.29 is 4.79 Å². The number of fused-ring (bicyclic) bond motifs is 1. The molecule has 1 aromatic carbocycles. The van der Waals surface area contributed by atoms with E-state index in [2.05, 4.69) is 27.3 Å². The first-order valence-corrected chi connectivity index (χ1v) is 10.8. The maximum absolute atomic E-state index is 12.9. The van der Waals surface area contributed by atoms with Crippen LogP contribution in [0.4, 0.5) is 5.82 Å². The second-order valence-electron chi connectivity index (χ2n) is 7.98. The van der Waals surface area contributed by atoms with Gasteiger partial charge < -0.3 is 14.7 Å². The molecule has 0 bridgehead atoms. The summed E-state index contributed by atoms with van der Waals surface area (Å²) < 4.78 is 0. The summed E-state index contributed by atoms with van der Waals surface area (Å²) in [4.78, 5) is 29.6. The van der Waals surface area contributed by atoms with Crippen LogP contribution in [0.3, 0.4) is 0 Å². The van der Waals surface area contributed by atoms with E-state index in [1.165, 1.54) is 0 Å². The summed E-state index contributed by atoms with van der Waals surface area (Å²) in [5.74, 6) is 1.83. The first-order valence-electron chi connectivity index (χ1n) is 9.91. The Labute approximate surface area is 175 Å². The number of carbonyl (C=O) groups is 1. The van der Waals surface area contributed by atoms with Crippen molar-refractivity contribution in [2.24, 2.45) is 0 Å². The van der Waals surface area contributed by atoms with Crippen molar-refractivity contribution in [2.45, 2.75) is 25.4 Å². The molecule has 4 rings (SSSR count). The van der Waals surface area contributed by atoms with Crippen LogP contribution in [0.2, 0.25) is 0 Å². The van der Waals surface area contributed by atoms with Gasteiger partial charge in [-0.15, -0.1) is 11.3 Å². The molecule has 0 radical (unpaired) electrons. The molecule has 1 unspecified atom stereocenters. The van der Waals surface area contributed by atoms with Gasteiger partial charge in [0.2, 0.25) is 5.91 Å². The molecule has 1 aliphatic heterocycles. The summed E-state index contributed by atoms with van der Waals surface area (Å²) in [6, 6.07) is 10.2. The third-order valence-electron chi connectivity index (χ3n) is 5.25. The van der Waals surface area contributed by atoms with Crippen LogP contribution in [0.25, 0.3) is 21.3 Å². The summed E-state index contributed by atoms with van der Waals surface area (Å²) in [6.07, 6.45) is 1.85. The fourth-order valence-electron chi connectivity index (χ4n) is 3.93. The molecule has 7 heteroatoms. The molecule has 0 N–H and O–H groups in total. The molecule has 29 heavy (non-hydrogen) atoms. The van der Waals surface area contributed by atoms with Crippen molar-refractivity contribution >= 4 is 33.3 Å². The van der Waals surface area contributed by atoms with Gasteiger partial charge in [-0.05, 0) is 32.5 Å². The highest BCUT2D eigenvalue weighted by atomic mass is 32.1. The van der Waals surface area contributed by atoms with Crippen LogP contribution >= 0.6 is 11.3 Å². The maximum atomic E-state index is 12.9. The first-order chi connectivity index (χ1) is 14.0. The van der Waals surface area contributed by atoms with Gasteiger partial charge in [0.05, 0.1) is 11.9 Å². The minimum atomic E-state index is -0.168. The summed E-state index contributed by atoms with van der Waals surface area (Å²) in [5, 5.41) is 3.22. The standard InChI is InChI=1S/C22H27N5OS/c1-25(2)13-18-23-20(27-12-8-11-17(27)22(28)26(3)4)19-16(14-29-21(19)24-18)15-9-6-5-7-10-15/h5-7,9-10,14,17H,8,11-13H2,1-4H3. The van der Waals surface area contributed by atoms with Crippen molar-refractivity contribution in [1.82, 2.24) is 19.8 Å². The van der Waals surface area contributed by atoms with Crippen molar-refractivity contribution in [3.05, 3.63) is 41.5 Å². The first kappa shape index (κ1) is 19.8. The molecular formula is C22H27N5OS. The highest BCUT2D eigenvalue weighted by molar-refractivity contribution is 7.17. The SMILES string of the molecule is CN(C)Cc1nc(N2CCCC2C(=O)N(C)C)c2c(-c3ccccc3)csc2n1. The lowest BCUT2D eigenvalue weighted by molar-refractivity contribution is -0.129. The Kier molecular flexibility index (Phi) is 5.52. The van der Waals surface area contributed by atoms with E-state index in [-0.39, 0.29) is 11.9 Å². The lowest BCUT2D eigenvalue weighted by Crippen LogP contribution is -2.43. The minimum absolute atomic E-state index is 0.139. The molecule has 1 aliphatic rings. The molecule has 2 aromatic heterocycles. The number of hydrogen-bond donors (Lipinski definition) is 0. The van der Waals surface area contributed by atoms with Crippen LogP contribution in [-0.2, 0) is 11.3 Å². The van der Waals surface area contributed by atoms with Crippen LogP contribution in [0.15, 0.2) is 35.7 Å². The Morgan fingerprint density at radius 1 is 1.17 bits per heavy atom. The molecule has 0 spiro atoms. The van der Waals surface area contributed by atoms with Crippen LogP contribution in [-0.4, -0.2) is 66.5 Å². The average Bonchev–Trinajstić information content (AvgIpc) is 3.34. The molecule has 3 aromatic rings. The highest BCUT2D eigenvalue weighted by Crippen LogP contribution is 2.40. The third kappa shape index (κ3) is 3.84. The molecule has 1 atom stereocenters. The number of benzene rings is 1. The number of carbonyl (C=O) groups excluding carboxylic acids is 1. The van der Waals surface area contributed by atoms with Crippen LogP contribution in [0.1, 0.15) is 18.7 Å². The van der Waals surface area contributed by atoms with E-state index in [9.17, 15) is 4.79 Å². The highest BCUT2D eigenvalue weighted by Gasteiger charge is 2.34. The molecule has 0 saturated carbocycles. The second-order valence-corrected chi connectivity index (χ2v) is 8.84. The normalized spacial score (nSPS) is 16.7. The van der Waals surface area contributed by atoms with Crippen molar-refractivity contribution in [1.29, 1.82) is 0 Å². The van der Waals surface area contributed by atoms with E-state index in [1.54, 1.807) is 16.2 Å². The third-order valence-corrected chi connectivity index (χ3v) is 6.13. The van der Waals surface area contributed by atoms with E-state index in [4.69, 9.17) is 9.97 Å². The lowest BCUT2D eigenvalue weighted by atomic mass is 10.1. The molecule has 1 amide bonds. The lowest BCUT2D eigenvalue weighted by Gasteiger charge is -2.28. The van der Waals surface area contributed by atoms with Gasteiger partial charge in [-0.25, -0.2) is 9.97 Å². The molecule has 1 saturated heterocycles. The molecule has 0 aliphatic carbocycles. The Balaban J connectivity index is 1.89. The van der Waals surface area contributed by atoms with Crippen LogP contribution < -0.4 is 4.90 Å². The Bertz CT molecular complexity index is 1010. The number of anilines is 1. The smallest absolute Gasteiger partial charge is 0.244 e. The van der Waals surface area contributed by atoms with Gasteiger partial charge >= 0.3 is 0 Å². The van der Waals surface area contributed by atoms with Crippen molar-refractivity contribution in [3.8, 4) is 11.1 Å². The maximum Gasteiger partial charge on any atom is 0.244 e. The molecule has 1 fully saturated rings. The predicted molar refractivity (Wildman–Crippen MR) is 119 cm³/mol. The van der Waals surface area contributed by atoms with Gasteiger partial charge in [-0.1, -0.05) is 30.3 Å². The van der Waals surface area contributed by atoms with Crippen molar-refractivity contribution in [3.63, 3.8) is 0 Å². The van der Waals surface area contributed by atoms with E-state index in [0.717, 1.165) is 52.4 Å². The Hall–Kier alpha value is -2.51. The molecule has 6 nitrogen and oxygen atoms in total. The zero-order valence-electron chi connectivity index (χ0n) is 17.4. The number of likely N-dealkylation sites (N-methyl/N-ethyl adjacent to an activating group) is 1. The molecule has 3 heterocycles. The number of rotatable bonds is 5. The Morgan fingerprint density at radius 3 is 2.62 bits per heavy atom. The predicted octanol–water partition coefficient (Wildman–Crippen LogP) is 3.48. The number of hydrogen-bond acceptors (Lipinski definition) is 6. The number of aromatic nitrogens is 2. The Morgan fingerprint density at radius 2 is 1.93 bits per heavy atom. The zero-order valence-corrected chi connectivity index (χ0v) is 18.2. The van der Waals surface area contributed by atoms with Crippen LogP contribution in [0, 0.1) is 0 Å². The summed E-state index contributed by atoms with van der Waals surface area (Å²) >= 11 is 1.65. The van der Waals surface area contributed by atoms with Gasteiger partial charge in [0.1, 0.15) is 22.5 Å². The number of nitrogens with zero attached hydrogens (tertiary/aromatic N) is 5. The van der Waals surface area contributed by atoms with E-state index < -0.39 is 0 Å². The van der Waals surface area contributed by atoms with E-state index >= 15 is 0 Å². The summed E-state index contributed by atoms with van der Waals surface area (Å²) in [6.45, 7) is 1.50. The largest absolute Gasteiger partial charge is 0.347 e. The topological polar surface area (TPSA) is 52.6 Å². The van der Waals surface area contributed by atoms with Gasteiger partial charge in [0.25, 0.3) is 0 Å². The molecule has 152 valence electrons. The quantitative estimate of drug-likeness (QED) is 0.646. The summed E-state index contributed by atoms with van der Waals surface area (Å²) in [5.41, 5.74) is 2.29. The van der Waals surface area contributed by atoms with Gasteiger partial charge in [0.15, 0.2) is 0 Å². The fraction of sp³-hybridized carbons (Fsp3) is 0.409. The zero-order chi connectivity index (χ0) is 20.5.